The number of fused-ring (bicyclic) bond motifs is 2. The van der Waals surface area contributed by atoms with Crippen LogP contribution in [0.1, 0.15) is 102 Å². The maximum atomic E-state index is 14.0. The highest BCUT2D eigenvalue weighted by Crippen LogP contribution is 2.68. The first-order valence-corrected chi connectivity index (χ1v) is 15.3. The van der Waals surface area contributed by atoms with Gasteiger partial charge in [-0.1, -0.05) is 37.1 Å². The SMILES string of the molecule is CCOC(=O)[C@@]12O[C@]3(CCCC[C@@]3(C)C1=O)O[C@@H]2c1ccc([C@H]2O[C@]34CCCC[C@@]3(C)C(=O)[C@]2(C(=O)OCC)O4)cc1. The van der Waals surface area contributed by atoms with Crippen molar-refractivity contribution in [2.75, 3.05) is 13.2 Å². The number of carbonyl (C=O) groups excluding carboxylic acids is 4. The van der Waals surface area contributed by atoms with Crippen LogP contribution in [0.4, 0.5) is 0 Å². The van der Waals surface area contributed by atoms with Crippen LogP contribution in [0.15, 0.2) is 24.3 Å². The van der Waals surface area contributed by atoms with Crippen LogP contribution in [0, 0.1) is 10.8 Å². The smallest absolute Gasteiger partial charge is 0.349 e. The number of hydrogen-bond donors (Lipinski definition) is 0. The lowest BCUT2D eigenvalue weighted by atomic mass is 9.63. The van der Waals surface area contributed by atoms with Gasteiger partial charge in [0.2, 0.25) is 0 Å². The van der Waals surface area contributed by atoms with E-state index >= 15 is 0 Å². The lowest BCUT2D eigenvalue weighted by molar-refractivity contribution is -0.236. The quantitative estimate of drug-likeness (QED) is 0.356. The van der Waals surface area contributed by atoms with Crippen molar-refractivity contribution in [2.45, 2.75) is 114 Å². The Morgan fingerprint density at radius 3 is 1.40 bits per heavy atom. The highest BCUT2D eigenvalue weighted by Gasteiger charge is 2.83. The molecule has 1 aromatic rings. The van der Waals surface area contributed by atoms with Gasteiger partial charge in [0.05, 0.1) is 24.0 Å². The van der Waals surface area contributed by atoms with Crippen LogP contribution in [-0.4, -0.2) is 59.5 Å². The first-order valence-electron chi connectivity index (χ1n) is 15.3. The van der Waals surface area contributed by atoms with Crippen LogP contribution in [0.25, 0.3) is 0 Å². The van der Waals surface area contributed by atoms with Crippen molar-refractivity contribution in [1.29, 1.82) is 0 Å². The molecule has 0 amide bonds. The summed E-state index contributed by atoms with van der Waals surface area (Å²) in [6.07, 6.45) is 3.45. The second kappa shape index (κ2) is 8.94. The number of carbonyl (C=O) groups is 4. The number of ether oxygens (including phenoxy) is 6. The third-order valence-electron chi connectivity index (χ3n) is 10.9. The molecule has 10 nitrogen and oxygen atoms in total. The van der Waals surface area contributed by atoms with Gasteiger partial charge in [0.25, 0.3) is 11.2 Å². The molecule has 4 saturated heterocycles. The molecule has 0 unspecified atom stereocenters. The fraction of sp³-hybridized carbons (Fsp3) is 0.688. The van der Waals surface area contributed by atoms with Crippen molar-refractivity contribution in [3.05, 3.63) is 35.4 Å². The molecular formula is C32H38O10. The molecule has 2 saturated carbocycles. The van der Waals surface area contributed by atoms with Crippen molar-refractivity contribution in [3.63, 3.8) is 0 Å². The topological polar surface area (TPSA) is 124 Å². The molecule has 6 fully saturated rings. The van der Waals surface area contributed by atoms with E-state index in [-0.39, 0.29) is 24.8 Å². The summed E-state index contributed by atoms with van der Waals surface area (Å²) in [5.41, 5.74) is -4.61. The minimum absolute atomic E-state index is 0.0935. The molecule has 7 rings (SSSR count). The molecule has 0 radical (unpaired) electrons. The van der Waals surface area contributed by atoms with Gasteiger partial charge >= 0.3 is 11.9 Å². The van der Waals surface area contributed by atoms with Crippen LogP contribution in [-0.2, 0) is 47.6 Å². The number of hydrogen-bond acceptors (Lipinski definition) is 10. The summed E-state index contributed by atoms with van der Waals surface area (Å²) >= 11 is 0. The number of ketones is 2. The standard InChI is InChI=1S/C32H38O10/c1-5-37-25(35)31-21(39-29(41-31)17-9-7-15-27(29,3)23(31)33)19-11-13-20(14-12-19)22-32(26(36)38-6-2)24(34)28(4)16-8-10-18-30(28,40-22)42-32/h11-14,21-22H,5-10,15-18H2,1-4H3/t21-,22-,27+,28+,29+,30+,31-,32+/m1/s1. The third kappa shape index (κ3) is 3.04. The van der Waals surface area contributed by atoms with Gasteiger partial charge in [0.1, 0.15) is 12.2 Å². The summed E-state index contributed by atoms with van der Waals surface area (Å²) in [4.78, 5) is 55.0. The average molecular weight is 583 g/mol. The van der Waals surface area contributed by atoms with Crippen LogP contribution in [0.5, 0.6) is 0 Å². The molecule has 4 bridgehead atoms. The van der Waals surface area contributed by atoms with Gasteiger partial charge < -0.3 is 28.4 Å². The van der Waals surface area contributed by atoms with Crippen LogP contribution < -0.4 is 0 Å². The van der Waals surface area contributed by atoms with Gasteiger partial charge in [-0.05, 0) is 64.5 Å². The second-order valence-corrected chi connectivity index (χ2v) is 13.0. The van der Waals surface area contributed by atoms with Gasteiger partial charge in [-0.2, -0.15) is 0 Å². The Balaban J connectivity index is 1.26. The largest absolute Gasteiger partial charge is 0.463 e. The fourth-order valence-electron chi connectivity index (χ4n) is 8.67. The zero-order valence-corrected chi connectivity index (χ0v) is 24.6. The van der Waals surface area contributed by atoms with E-state index in [1.54, 1.807) is 38.1 Å². The second-order valence-electron chi connectivity index (χ2n) is 13.0. The monoisotopic (exact) mass is 582 g/mol. The summed E-state index contributed by atoms with van der Waals surface area (Å²) in [7, 11) is 0. The predicted octanol–water partition coefficient (Wildman–Crippen LogP) is 4.18. The molecule has 6 aliphatic rings. The van der Waals surface area contributed by atoms with Gasteiger partial charge in [-0.15, -0.1) is 0 Å². The van der Waals surface area contributed by atoms with Crippen LogP contribution in [0.3, 0.4) is 0 Å². The molecule has 1 aromatic carbocycles. The van der Waals surface area contributed by atoms with Crippen molar-refractivity contribution in [2.24, 2.45) is 10.8 Å². The Labute approximate surface area is 244 Å². The minimum atomic E-state index is -1.91. The van der Waals surface area contributed by atoms with Crippen LogP contribution >= 0.6 is 0 Å². The highest BCUT2D eigenvalue weighted by molar-refractivity contribution is 6.14. The van der Waals surface area contributed by atoms with Crippen molar-refractivity contribution in [1.82, 2.24) is 0 Å². The van der Waals surface area contributed by atoms with E-state index in [9.17, 15) is 19.2 Å². The van der Waals surface area contributed by atoms with Gasteiger partial charge in [0.15, 0.2) is 23.1 Å². The van der Waals surface area contributed by atoms with Crippen LogP contribution in [0.2, 0.25) is 0 Å². The van der Waals surface area contributed by atoms with E-state index in [0.29, 0.717) is 36.8 Å². The van der Waals surface area contributed by atoms with Crippen molar-refractivity contribution < 1.29 is 47.6 Å². The Hall–Kier alpha value is -2.66. The maximum absolute atomic E-state index is 14.0. The summed E-state index contributed by atoms with van der Waals surface area (Å²) in [5.74, 6) is -4.51. The lowest BCUT2D eigenvalue weighted by Crippen LogP contribution is -2.58. The van der Waals surface area contributed by atoms with Gasteiger partial charge in [-0.25, -0.2) is 9.59 Å². The Morgan fingerprint density at radius 1 is 0.690 bits per heavy atom. The fourth-order valence-corrected chi connectivity index (χ4v) is 8.67. The van der Waals surface area contributed by atoms with E-state index in [1.165, 1.54) is 0 Å². The summed E-state index contributed by atoms with van der Waals surface area (Å²) in [6.45, 7) is 7.21. The van der Waals surface area contributed by atoms with E-state index in [1.807, 2.05) is 13.8 Å². The number of Topliss-reactive ketones (excluding diaryl/α,β-unsaturated/α-hetero) is 2. The Morgan fingerprint density at radius 2 is 1.05 bits per heavy atom. The molecular weight excluding hydrogens is 544 g/mol. The Kier molecular flexibility index (Phi) is 5.99. The summed E-state index contributed by atoms with van der Waals surface area (Å²) in [5, 5.41) is 0. The predicted molar refractivity (Wildman–Crippen MR) is 144 cm³/mol. The van der Waals surface area contributed by atoms with E-state index < -0.39 is 57.8 Å². The van der Waals surface area contributed by atoms with Crippen molar-refractivity contribution in [3.8, 4) is 0 Å². The zero-order valence-electron chi connectivity index (χ0n) is 24.6. The number of rotatable bonds is 6. The normalized spacial score (nSPS) is 45.0. The third-order valence-corrected chi connectivity index (χ3v) is 10.9. The molecule has 0 N–H and O–H groups in total. The van der Waals surface area contributed by atoms with Gasteiger partial charge in [-0.3, -0.25) is 9.59 Å². The van der Waals surface area contributed by atoms with E-state index in [0.717, 1.165) is 25.7 Å². The molecule has 8 atom stereocenters. The summed E-state index contributed by atoms with van der Waals surface area (Å²) in [6, 6.07) is 6.91. The first-order chi connectivity index (χ1) is 20.0. The molecule has 2 spiro atoms. The van der Waals surface area contributed by atoms with Gasteiger partial charge in [0, 0.05) is 12.8 Å². The molecule has 4 heterocycles. The Bertz CT molecular complexity index is 1270. The molecule has 4 aliphatic heterocycles. The average Bonchev–Trinajstić information content (AvgIpc) is 3.64. The lowest BCUT2D eigenvalue weighted by Gasteiger charge is -2.46. The molecule has 226 valence electrons. The molecule has 10 heteroatoms. The zero-order chi connectivity index (χ0) is 29.8. The number of esters is 2. The van der Waals surface area contributed by atoms with E-state index in [2.05, 4.69) is 0 Å². The van der Waals surface area contributed by atoms with Crippen molar-refractivity contribution >= 4 is 23.5 Å². The summed E-state index contributed by atoms with van der Waals surface area (Å²) < 4.78 is 36.7. The molecule has 42 heavy (non-hydrogen) atoms. The minimum Gasteiger partial charge on any atom is -0.463 e. The number of benzene rings is 1. The maximum Gasteiger partial charge on any atom is 0.349 e. The first kappa shape index (κ1) is 28.1. The van der Waals surface area contributed by atoms with E-state index in [4.69, 9.17) is 28.4 Å². The molecule has 2 aliphatic carbocycles. The molecule has 0 aromatic heterocycles. The highest BCUT2D eigenvalue weighted by atomic mass is 16.8.